The van der Waals surface area contributed by atoms with Gasteiger partial charge >= 0.3 is 0 Å². The molecule has 318 valence electrons. The summed E-state index contributed by atoms with van der Waals surface area (Å²) in [5.74, 6) is -2.19. The van der Waals surface area contributed by atoms with Gasteiger partial charge in [-0.05, 0) is 55.8 Å². The van der Waals surface area contributed by atoms with Gasteiger partial charge < -0.3 is 42.3 Å². The van der Waals surface area contributed by atoms with Crippen molar-refractivity contribution in [3.8, 4) is 0 Å². The van der Waals surface area contributed by atoms with Gasteiger partial charge in [0.15, 0.2) is 11.6 Å². The van der Waals surface area contributed by atoms with Crippen LogP contribution in [-0.4, -0.2) is 84.0 Å². The van der Waals surface area contributed by atoms with E-state index in [1.165, 1.54) is 0 Å². The van der Waals surface area contributed by atoms with Crippen molar-refractivity contribution < 1.29 is 38.4 Å². The highest BCUT2D eigenvalue weighted by Crippen LogP contribution is 2.20. The highest BCUT2D eigenvalue weighted by Gasteiger charge is 2.31. The summed E-state index contributed by atoms with van der Waals surface area (Å²) < 4.78 is 0. The van der Waals surface area contributed by atoms with Gasteiger partial charge in [0.05, 0.1) is 24.2 Å². The van der Waals surface area contributed by atoms with Crippen LogP contribution in [0.15, 0.2) is 0 Å². The van der Waals surface area contributed by atoms with Gasteiger partial charge in [-0.15, -0.1) is 0 Å². The van der Waals surface area contributed by atoms with Crippen LogP contribution in [0.5, 0.6) is 0 Å². The minimum atomic E-state index is -0.834. The molecule has 8 N–H and O–H groups in total. The summed E-state index contributed by atoms with van der Waals surface area (Å²) in [6.45, 7) is 23.9. The first kappa shape index (κ1) is 53.6. The van der Waals surface area contributed by atoms with Gasteiger partial charge in [-0.2, -0.15) is 0 Å². The van der Waals surface area contributed by atoms with Crippen molar-refractivity contribution in [3.05, 3.63) is 0 Å². The zero-order chi connectivity index (χ0) is 43.0. The Morgan fingerprint density at radius 2 is 0.873 bits per heavy atom. The Balaban J connectivity index is 0. The highest BCUT2D eigenvalue weighted by atomic mass is 16.2. The fraction of sp³-hybridized carbons (Fsp3) is 0.805. The van der Waals surface area contributed by atoms with Crippen molar-refractivity contribution in [2.75, 3.05) is 0 Å². The van der Waals surface area contributed by atoms with Gasteiger partial charge in [0.2, 0.25) is 23.6 Å². The lowest BCUT2D eigenvalue weighted by atomic mass is 9.87. The summed E-state index contributed by atoms with van der Waals surface area (Å²) >= 11 is 0. The summed E-state index contributed by atoms with van der Waals surface area (Å²) in [5, 5.41) is 11.8. The number of nitrogens with two attached hydrogens (primary N) is 2. The Hall–Kier alpha value is -3.52. The van der Waals surface area contributed by atoms with Crippen LogP contribution in [0.1, 0.15) is 141 Å². The molecule has 0 radical (unpaired) electrons. The number of hydrogen-bond donors (Lipinski definition) is 6. The lowest BCUT2D eigenvalue weighted by Gasteiger charge is -2.26. The number of carbonyl (C=O) groups is 8. The second-order valence-corrected chi connectivity index (χ2v) is 17.2. The quantitative estimate of drug-likeness (QED) is 0.0604. The second kappa shape index (κ2) is 28.8. The van der Waals surface area contributed by atoms with Crippen LogP contribution in [0.2, 0.25) is 0 Å². The first-order valence-corrected chi connectivity index (χ1v) is 20.1. The maximum atomic E-state index is 12.9. The number of Topliss-reactive ketones (excluding diaryl/α,β-unsaturated/α-hetero) is 2. The monoisotopic (exact) mass is 781 g/mol. The van der Waals surface area contributed by atoms with Gasteiger partial charge in [0, 0.05) is 49.6 Å². The third-order valence-electron chi connectivity index (χ3n) is 8.53. The van der Waals surface area contributed by atoms with E-state index in [1.54, 1.807) is 0 Å². The molecule has 0 unspecified atom stereocenters. The first-order valence-electron chi connectivity index (χ1n) is 20.1. The SMILES string of the molecule is CC(C)C[C@@H](C=O)NC(=O)[C@H](CCC(N)=O)CC(=O)[C@H](CC(N)=O)NC(C)C.CC(C)C[C@H](CC(=O)[C@H](CC(C)C)NC(C)C)C(=O)N[C@H](C=O)CC(C)C. The molecule has 0 aliphatic heterocycles. The minimum Gasteiger partial charge on any atom is -0.370 e. The summed E-state index contributed by atoms with van der Waals surface area (Å²) in [7, 11) is 0. The van der Waals surface area contributed by atoms with Crippen LogP contribution < -0.4 is 32.7 Å². The lowest BCUT2D eigenvalue weighted by Crippen LogP contribution is -2.46. The second-order valence-electron chi connectivity index (χ2n) is 17.2. The zero-order valence-electron chi connectivity index (χ0n) is 35.9. The summed E-state index contributed by atoms with van der Waals surface area (Å²) in [6, 6.07) is -2.07. The molecule has 0 saturated heterocycles. The number of amides is 4. The number of aldehydes is 2. The predicted molar refractivity (Wildman–Crippen MR) is 216 cm³/mol. The number of hydrogen-bond acceptors (Lipinski definition) is 10. The predicted octanol–water partition coefficient (Wildman–Crippen LogP) is 3.55. The minimum absolute atomic E-state index is 0.0700. The molecule has 0 aromatic heterocycles. The smallest absolute Gasteiger partial charge is 0.224 e. The van der Waals surface area contributed by atoms with E-state index in [-0.39, 0.29) is 73.6 Å². The van der Waals surface area contributed by atoms with E-state index in [0.29, 0.717) is 43.3 Å². The number of rotatable bonds is 29. The average molecular weight is 781 g/mol. The molecule has 14 nitrogen and oxygen atoms in total. The maximum Gasteiger partial charge on any atom is 0.224 e. The van der Waals surface area contributed by atoms with E-state index in [2.05, 4.69) is 35.1 Å². The van der Waals surface area contributed by atoms with Gasteiger partial charge in [0.25, 0.3) is 0 Å². The van der Waals surface area contributed by atoms with E-state index in [4.69, 9.17) is 11.5 Å². The van der Waals surface area contributed by atoms with Crippen LogP contribution >= 0.6 is 0 Å². The number of primary amides is 2. The molecule has 0 aliphatic carbocycles. The van der Waals surface area contributed by atoms with E-state index in [0.717, 1.165) is 12.7 Å². The fourth-order valence-corrected chi connectivity index (χ4v) is 6.21. The molecule has 6 atom stereocenters. The molecule has 0 aliphatic rings. The van der Waals surface area contributed by atoms with Gasteiger partial charge in [-0.25, -0.2) is 0 Å². The van der Waals surface area contributed by atoms with Crippen molar-refractivity contribution in [2.45, 2.75) is 177 Å². The average Bonchev–Trinajstić information content (AvgIpc) is 3.03. The van der Waals surface area contributed by atoms with Crippen molar-refractivity contribution in [1.29, 1.82) is 0 Å². The molecule has 0 aromatic carbocycles. The molecule has 0 fully saturated rings. The molecule has 0 heterocycles. The molecule has 4 amide bonds. The standard InChI is InChI=1S/C22H42N2O3.C19H34N4O5/c1-14(2)9-18(22(27)24-19(13-25)10-15(3)4)12-21(26)20(11-16(5)6)23-17(7)8;1-11(2)7-14(10-24)23-19(28)13(5-6-17(20)26)8-16(25)15(9-18(21)27)22-12(3)4/h13-20,23H,9-12H2,1-8H3,(H,24,27);10-15,22H,5-9H2,1-4H3,(H2,20,26)(H2,21,27)(H,23,28)/t18-,19+,20+;13-,14+,15+/m11/s1. The molecule has 0 rings (SSSR count). The summed E-state index contributed by atoms with van der Waals surface area (Å²) in [6.07, 6.45) is 3.77. The lowest BCUT2D eigenvalue weighted by molar-refractivity contribution is -0.133. The van der Waals surface area contributed by atoms with Crippen LogP contribution in [-0.2, 0) is 38.4 Å². The molecule has 55 heavy (non-hydrogen) atoms. The van der Waals surface area contributed by atoms with E-state index < -0.39 is 47.7 Å². The van der Waals surface area contributed by atoms with E-state index in [1.807, 2.05) is 69.2 Å². The van der Waals surface area contributed by atoms with Crippen molar-refractivity contribution >= 4 is 47.8 Å². The molecular weight excluding hydrogens is 704 g/mol. The van der Waals surface area contributed by atoms with Crippen molar-refractivity contribution in [1.82, 2.24) is 21.3 Å². The highest BCUT2D eigenvalue weighted by molar-refractivity contribution is 5.93. The van der Waals surface area contributed by atoms with E-state index >= 15 is 0 Å². The number of nitrogens with one attached hydrogen (secondary N) is 4. The molecule has 14 heteroatoms. The molecule has 0 aromatic rings. The van der Waals surface area contributed by atoms with Crippen LogP contribution in [0.4, 0.5) is 0 Å². The number of ketones is 2. The molecular formula is C41H76N6O8. The topological polar surface area (TPSA) is 237 Å². The van der Waals surface area contributed by atoms with E-state index in [9.17, 15) is 38.4 Å². The van der Waals surface area contributed by atoms with Gasteiger partial charge in [-0.3, -0.25) is 28.8 Å². The Morgan fingerprint density at radius 3 is 1.24 bits per heavy atom. The summed E-state index contributed by atoms with van der Waals surface area (Å²) in [5.41, 5.74) is 10.4. The van der Waals surface area contributed by atoms with Crippen LogP contribution in [0.3, 0.4) is 0 Å². The van der Waals surface area contributed by atoms with Gasteiger partial charge in [0.1, 0.15) is 12.6 Å². The Labute approximate surface area is 331 Å². The van der Waals surface area contributed by atoms with Crippen molar-refractivity contribution in [2.24, 2.45) is 47.0 Å². The van der Waals surface area contributed by atoms with Gasteiger partial charge in [-0.1, -0.05) is 83.1 Å². The molecule has 0 saturated carbocycles. The normalized spacial score (nSPS) is 14.8. The molecule has 0 spiro atoms. The van der Waals surface area contributed by atoms with Crippen molar-refractivity contribution in [3.63, 3.8) is 0 Å². The first-order chi connectivity index (χ1) is 25.4. The Morgan fingerprint density at radius 1 is 0.491 bits per heavy atom. The Bertz CT molecular complexity index is 1190. The van der Waals surface area contributed by atoms with Crippen LogP contribution in [0, 0.1) is 35.5 Å². The fourth-order valence-electron chi connectivity index (χ4n) is 6.21. The third-order valence-corrected chi connectivity index (χ3v) is 8.53. The summed E-state index contributed by atoms with van der Waals surface area (Å²) in [4.78, 5) is 95.9. The van der Waals surface area contributed by atoms with Crippen LogP contribution in [0.25, 0.3) is 0 Å². The third kappa shape index (κ3) is 27.7. The maximum absolute atomic E-state index is 12.9. The molecule has 0 bridgehead atoms. The number of carbonyl (C=O) groups excluding carboxylic acids is 8. The zero-order valence-corrected chi connectivity index (χ0v) is 35.9. The largest absolute Gasteiger partial charge is 0.370 e. The Kier molecular flexibility index (Phi) is 28.1.